The molecular weight excluding hydrogens is 259 g/mol. The van der Waals surface area contributed by atoms with Gasteiger partial charge in [-0.25, -0.2) is 4.99 Å². The largest absolute Gasteiger partial charge is 0.396 e. The molecule has 1 aliphatic carbocycles. The standard InChI is InChI=1S/C12H8Cl2N2O/c13-7-1-3-8(4-2-7)16-11-6-10(15)12(17)5-9(11)14/h1-6H,15H2. The SMILES string of the molecule is NC1=CC(=Nc2ccc(Cl)cc2)C(Cl)=CC1=O. The lowest BCUT2D eigenvalue weighted by atomic mass is 10.1. The summed E-state index contributed by atoms with van der Waals surface area (Å²) in [5, 5.41) is 0.906. The van der Waals surface area contributed by atoms with Crippen LogP contribution in [0.4, 0.5) is 5.69 Å². The van der Waals surface area contributed by atoms with Crippen LogP contribution in [-0.2, 0) is 4.79 Å². The molecule has 2 N–H and O–H groups in total. The van der Waals surface area contributed by atoms with Gasteiger partial charge in [-0.1, -0.05) is 23.2 Å². The molecule has 3 nitrogen and oxygen atoms in total. The van der Waals surface area contributed by atoms with Crippen LogP contribution in [0.25, 0.3) is 0 Å². The summed E-state index contributed by atoms with van der Waals surface area (Å²) in [6, 6.07) is 6.94. The van der Waals surface area contributed by atoms with Crippen molar-refractivity contribution in [3.63, 3.8) is 0 Å². The average Bonchev–Trinajstić information content (AvgIpc) is 2.29. The van der Waals surface area contributed by atoms with E-state index < -0.39 is 0 Å². The number of nitrogens with zero attached hydrogens (tertiary/aromatic N) is 1. The lowest BCUT2D eigenvalue weighted by molar-refractivity contribution is -0.111. The Balaban J connectivity index is 2.37. The molecule has 0 unspecified atom stereocenters. The van der Waals surface area contributed by atoms with Gasteiger partial charge in [0.15, 0.2) is 0 Å². The minimum absolute atomic E-state index is 0.127. The maximum Gasteiger partial charge on any atom is 0.203 e. The molecule has 0 amide bonds. The monoisotopic (exact) mass is 266 g/mol. The number of hydrogen-bond acceptors (Lipinski definition) is 3. The normalized spacial score (nSPS) is 18.0. The van der Waals surface area contributed by atoms with Gasteiger partial charge in [-0.2, -0.15) is 0 Å². The fraction of sp³-hybridized carbons (Fsp3) is 0. The van der Waals surface area contributed by atoms with Crippen molar-refractivity contribution in [1.82, 2.24) is 0 Å². The summed E-state index contributed by atoms with van der Waals surface area (Å²) in [6.45, 7) is 0. The number of benzene rings is 1. The van der Waals surface area contributed by atoms with Gasteiger partial charge in [0, 0.05) is 11.1 Å². The molecule has 1 aliphatic rings. The van der Waals surface area contributed by atoms with E-state index in [1.165, 1.54) is 12.2 Å². The lowest BCUT2D eigenvalue weighted by Gasteiger charge is -2.07. The fourth-order valence-electron chi connectivity index (χ4n) is 1.30. The van der Waals surface area contributed by atoms with Crippen LogP contribution in [0, 0.1) is 0 Å². The zero-order valence-electron chi connectivity index (χ0n) is 8.65. The smallest absolute Gasteiger partial charge is 0.203 e. The Labute approximate surface area is 108 Å². The summed E-state index contributed by atoms with van der Waals surface area (Å²) in [4.78, 5) is 15.5. The van der Waals surface area contributed by atoms with Crippen molar-refractivity contribution < 1.29 is 4.79 Å². The van der Waals surface area contributed by atoms with Gasteiger partial charge >= 0.3 is 0 Å². The van der Waals surface area contributed by atoms with Crippen LogP contribution < -0.4 is 5.73 Å². The number of halogens is 2. The first-order chi connectivity index (χ1) is 8.06. The summed E-state index contributed by atoms with van der Waals surface area (Å²) < 4.78 is 0. The molecule has 0 fully saturated rings. The molecule has 0 saturated carbocycles. The first kappa shape index (κ1) is 11.9. The second-order valence-electron chi connectivity index (χ2n) is 3.43. The molecular formula is C12H8Cl2N2O. The number of aliphatic imine (C=N–C) groups is 1. The number of nitrogens with two attached hydrogens (primary N) is 1. The number of carbonyl (C=O) groups is 1. The van der Waals surface area contributed by atoms with E-state index >= 15 is 0 Å². The molecule has 0 aliphatic heterocycles. The highest BCUT2D eigenvalue weighted by Gasteiger charge is 2.14. The highest BCUT2D eigenvalue weighted by atomic mass is 35.5. The molecule has 0 radical (unpaired) electrons. The Bertz CT molecular complexity index is 556. The molecule has 0 heterocycles. The molecule has 0 spiro atoms. The van der Waals surface area contributed by atoms with Gasteiger partial charge in [0.25, 0.3) is 0 Å². The van der Waals surface area contributed by atoms with Crippen LogP contribution in [0.3, 0.4) is 0 Å². The van der Waals surface area contributed by atoms with Crippen LogP contribution in [0.5, 0.6) is 0 Å². The first-order valence-corrected chi connectivity index (χ1v) is 5.55. The number of ketones is 1. The van der Waals surface area contributed by atoms with Crippen LogP contribution in [0.1, 0.15) is 0 Å². The predicted molar refractivity (Wildman–Crippen MR) is 69.8 cm³/mol. The van der Waals surface area contributed by atoms with E-state index in [1.807, 2.05) is 0 Å². The summed E-state index contributed by atoms with van der Waals surface area (Å²) in [5.41, 5.74) is 6.80. The zero-order valence-corrected chi connectivity index (χ0v) is 10.2. The van der Waals surface area contributed by atoms with E-state index in [1.54, 1.807) is 24.3 Å². The van der Waals surface area contributed by atoms with Gasteiger partial charge in [-0.3, -0.25) is 4.79 Å². The summed E-state index contributed by atoms with van der Waals surface area (Å²) in [5.74, 6) is -0.301. The molecule has 1 aromatic carbocycles. The molecule has 0 aromatic heterocycles. The Morgan fingerprint density at radius 1 is 1.06 bits per heavy atom. The van der Waals surface area contributed by atoms with Crippen molar-refractivity contribution in [2.24, 2.45) is 10.7 Å². The molecule has 0 bridgehead atoms. The van der Waals surface area contributed by atoms with Crippen LogP contribution in [-0.4, -0.2) is 11.5 Å². The maximum atomic E-state index is 11.2. The third-order valence-electron chi connectivity index (χ3n) is 2.16. The molecule has 17 heavy (non-hydrogen) atoms. The van der Waals surface area contributed by atoms with E-state index in [0.29, 0.717) is 16.4 Å². The van der Waals surface area contributed by atoms with Gasteiger partial charge in [-0.15, -0.1) is 0 Å². The third-order valence-corrected chi connectivity index (χ3v) is 2.71. The average molecular weight is 267 g/mol. The van der Waals surface area contributed by atoms with Gasteiger partial charge < -0.3 is 5.73 Å². The number of hydrogen-bond donors (Lipinski definition) is 1. The second-order valence-corrected chi connectivity index (χ2v) is 4.27. The minimum atomic E-state index is -0.301. The van der Waals surface area contributed by atoms with Crippen molar-refractivity contribution in [2.45, 2.75) is 0 Å². The number of rotatable bonds is 1. The van der Waals surface area contributed by atoms with Crippen molar-refractivity contribution in [2.75, 3.05) is 0 Å². The van der Waals surface area contributed by atoms with Gasteiger partial charge in [0.05, 0.1) is 22.1 Å². The van der Waals surface area contributed by atoms with Crippen molar-refractivity contribution in [3.8, 4) is 0 Å². The minimum Gasteiger partial charge on any atom is -0.396 e. The van der Waals surface area contributed by atoms with Gasteiger partial charge in [0.1, 0.15) is 0 Å². The highest BCUT2D eigenvalue weighted by molar-refractivity contribution is 6.48. The number of carbonyl (C=O) groups excluding carboxylic acids is 1. The Hall–Kier alpha value is -1.58. The van der Waals surface area contributed by atoms with Gasteiger partial charge in [0.2, 0.25) is 5.78 Å². The third kappa shape index (κ3) is 2.75. The van der Waals surface area contributed by atoms with Gasteiger partial charge in [-0.05, 0) is 30.3 Å². The maximum absolute atomic E-state index is 11.2. The molecule has 0 saturated heterocycles. The number of allylic oxidation sites excluding steroid dienone is 3. The Kier molecular flexibility index (Phi) is 3.31. The molecule has 0 atom stereocenters. The molecule has 86 valence electrons. The quantitative estimate of drug-likeness (QED) is 0.795. The predicted octanol–water partition coefficient (Wildman–Crippen LogP) is 2.96. The molecule has 5 heteroatoms. The summed E-state index contributed by atoms with van der Waals surface area (Å²) in [6.07, 6.45) is 2.71. The van der Waals surface area contributed by atoms with Crippen molar-refractivity contribution in [1.29, 1.82) is 0 Å². The van der Waals surface area contributed by atoms with E-state index in [2.05, 4.69) is 4.99 Å². The van der Waals surface area contributed by atoms with Crippen LogP contribution in [0.2, 0.25) is 5.02 Å². The lowest BCUT2D eigenvalue weighted by Crippen LogP contribution is -2.16. The molecule has 1 aromatic rings. The Morgan fingerprint density at radius 3 is 2.35 bits per heavy atom. The summed E-state index contributed by atoms with van der Waals surface area (Å²) >= 11 is 11.7. The van der Waals surface area contributed by atoms with Crippen LogP contribution >= 0.6 is 23.2 Å². The first-order valence-electron chi connectivity index (χ1n) is 4.79. The van der Waals surface area contributed by atoms with E-state index in [-0.39, 0.29) is 16.5 Å². The van der Waals surface area contributed by atoms with Crippen LogP contribution in [0.15, 0.2) is 52.1 Å². The van der Waals surface area contributed by atoms with E-state index in [9.17, 15) is 4.79 Å². The summed E-state index contributed by atoms with van der Waals surface area (Å²) in [7, 11) is 0. The van der Waals surface area contributed by atoms with Crippen molar-refractivity contribution >= 4 is 40.4 Å². The Morgan fingerprint density at radius 2 is 1.71 bits per heavy atom. The zero-order chi connectivity index (χ0) is 12.4. The molecule has 2 rings (SSSR count). The van der Waals surface area contributed by atoms with E-state index in [0.717, 1.165) is 0 Å². The van der Waals surface area contributed by atoms with Crippen molar-refractivity contribution in [3.05, 3.63) is 52.2 Å². The second kappa shape index (κ2) is 4.73. The topological polar surface area (TPSA) is 55.4 Å². The highest BCUT2D eigenvalue weighted by Crippen LogP contribution is 2.21. The fourth-order valence-corrected chi connectivity index (χ4v) is 1.62. The van der Waals surface area contributed by atoms with E-state index in [4.69, 9.17) is 28.9 Å².